The minimum atomic E-state index is 0.262. The fourth-order valence-electron chi connectivity index (χ4n) is 2.89. The zero-order chi connectivity index (χ0) is 16.5. The molecule has 0 aliphatic rings. The Morgan fingerprint density at radius 3 is 1.86 bits per heavy atom. The predicted molar refractivity (Wildman–Crippen MR) is 98.2 cm³/mol. The highest BCUT2D eigenvalue weighted by molar-refractivity contribution is 5.75. The largest absolute Gasteiger partial charge is 0.356 e. The zero-order valence-electron chi connectivity index (χ0n) is 15.6. The number of unbranched alkanes of at least 4 members (excludes halogenated alkanes) is 9. The van der Waals surface area contributed by atoms with Crippen molar-refractivity contribution in [2.24, 2.45) is 5.92 Å². The number of amides is 1. The molecule has 2 heteroatoms. The summed E-state index contributed by atoms with van der Waals surface area (Å²) in [4.78, 5) is 11.8. The lowest BCUT2D eigenvalue weighted by Crippen LogP contribution is -2.28. The third-order valence-corrected chi connectivity index (χ3v) is 4.64. The number of nitrogens with one attached hydrogen (secondary N) is 1. The van der Waals surface area contributed by atoms with Crippen molar-refractivity contribution in [3.05, 3.63) is 0 Å². The van der Waals surface area contributed by atoms with Crippen LogP contribution in [0.15, 0.2) is 0 Å². The Morgan fingerprint density at radius 1 is 0.773 bits per heavy atom. The van der Waals surface area contributed by atoms with E-state index in [0.29, 0.717) is 5.92 Å². The first-order chi connectivity index (χ1) is 10.7. The van der Waals surface area contributed by atoms with Crippen LogP contribution in [-0.2, 0) is 4.79 Å². The Kier molecular flexibility index (Phi) is 16.4. The van der Waals surface area contributed by atoms with Gasteiger partial charge in [0.1, 0.15) is 0 Å². The van der Waals surface area contributed by atoms with Gasteiger partial charge in [-0.1, -0.05) is 91.4 Å². The molecule has 0 aromatic rings. The number of rotatable bonds is 16. The molecule has 0 aliphatic carbocycles. The van der Waals surface area contributed by atoms with E-state index in [4.69, 9.17) is 0 Å². The highest BCUT2D eigenvalue weighted by Gasteiger charge is 2.07. The Hall–Kier alpha value is -0.530. The molecule has 0 bridgehead atoms. The number of hydrogen-bond acceptors (Lipinski definition) is 1. The molecule has 0 aliphatic heterocycles. The summed E-state index contributed by atoms with van der Waals surface area (Å²) in [5.41, 5.74) is 0. The Bertz CT molecular complexity index is 240. The topological polar surface area (TPSA) is 29.1 Å². The van der Waals surface area contributed by atoms with E-state index in [0.717, 1.165) is 19.4 Å². The van der Waals surface area contributed by atoms with Crippen LogP contribution in [0.25, 0.3) is 0 Å². The molecule has 22 heavy (non-hydrogen) atoms. The van der Waals surface area contributed by atoms with Gasteiger partial charge in [-0.3, -0.25) is 4.79 Å². The van der Waals surface area contributed by atoms with Crippen LogP contribution in [0.3, 0.4) is 0 Å². The molecule has 0 fully saturated rings. The van der Waals surface area contributed by atoms with Crippen molar-refractivity contribution in [1.82, 2.24) is 5.32 Å². The van der Waals surface area contributed by atoms with E-state index in [1.807, 2.05) is 0 Å². The van der Waals surface area contributed by atoms with E-state index >= 15 is 0 Å². The third-order valence-electron chi connectivity index (χ3n) is 4.64. The quantitative estimate of drug-likeness (QED) is 0.336. The molecular formula is C20H41NO. The van der Waals surface area contributed by atoms with E-state index in [1.54, 1.807) is 0 Å². The molecule has 0 aromatic carbocycles. The number of carbonyl (C=O) groups is 1. The van der Waals surface area contributed by atoms with Crippen molar-refractivity contribution in [2.45, 2.75) is 111 Å². The minimum absolute atomic E-state index is 0.262. The Balaban J connectivity index is 3.38. The fourth-order valence-corrected chi connectivity index (χ4v) is 2.89. The monoisotopic (exact) mass is 311 g/mol. The molecule has 132 valence electrons. The fraction of sp³-hybridized carbons (Fsp3) is 0.950. The predicted octanol–water partition coefficient (Wildman–Crippen LogP) is 6.24. The molecule has 2 nitrogen and oxygen atoms in total. The lowest BCUT2D eigenvalue weighted by atomic mass is 9.99. The van der Waals surface area contributed by atoms with Gasteiger partial charge in [0.05, 0.1) is 0 Å². The van der Waals surface area contributed by atoms with Gasteiger partial charge in [0.15, 0.2) is 0 Å². The summed E-state index contributed by atoms with van der Waals surface area (Å²) >= 11 is 0. The maximum absolute atomic E-state index is 11.8. The summed E-state index contributed by atoms with van der Waals surface area (Å²) in [6.45, 7) is 7.60. The van der Waals surface area contributed by atoms with Crippen molar-refractivity contribution in [3.8, 4) is 0 Å². The first kappa shape index (κ1) is 21.5. The van der Waals surface area contributed by atoms with Crippen LogP contribution in [0.5, 0.6) is 0 Å². The summed E-state index contributed by atoms with van der Waals surface area (Å²) in [5.74, 6) is 0.935. The second kappa shape index (κ2) is 16.8. The van der Waals surface area contributed by atoms with E-state index in [9.17, 15) is 4.79 Å². The molecule has 1 N–H and O–H groups in total. The molecule has 0 radical (unpaired) electrons. The van der Waals surface area contributed by atoms with Crippen LogP contribution in [0.1, 0.15) is 111 Å². The Labute approximate surface area is 139 Å². The van der Waals surface area contributed by atoms with Gasteiger partial charge in [-0.15, -0.1) is 0 Å². The smallest absolute Gasteiger partial charge is 0.220 e. The van der Waals surface area contributed by atoms with Crippen molar-refractivity contribution in [1.29, 1.82) is 0 Å². The molecular weight excluding hydrogens is 270 g/mol. The molecule has 0 saturated heterocycles. The molecule has 0 heterocycles. The number of hydrogen-bond donors (Lipinski definition) is 1. The van der Waals surface area contributed by atoms with Crippen LogP contribution in [0.2, 0.25) is 0 Å². The van der Waals surface area contributed by atoms with Gasteiger partial charge in [-0.2, -0.15) is 0 Å². The van der Waals surface area contributed by atoms with Crippen LogP contribution in [0, 0.1) is 5.92 Å². The number of carbonyl (C=O) groups excluding carboxylic acids is 1. The maximum Gasteiger partial charge on any atom is 0.220 e. The van der Waals surface area contributed by atoms with Crippen LogP contribution in [0.4, 0.5) is 0 Å². The average molecular weight is 312 g/mol. The minimum Gasteiger partial charge on any atom is -0.356 e. The molecule has 0 spiro atoms. The van der Waals surface area contributed by atoms with Gasteiger partial charge in [0.25, 0.3) is 0 Å². The van der Waals surface area contributed by atoms with Crippen molar-refractivity contribution in [2.75, 3.05) is 6.54 Å². The zero-order valence-corrected chi connectivity index (χ0v) is 15.6. The first-order valence-electron chi connectivity index (χ1n) is 10.0. The van der Waals surface area contributed by atoms with E-state index in [2.05, 4.69) is 26.1 Å². The van der Waals surface area contributed by atoms with Gasteiger partial charge in [-0.05, 0) is 18.8 Å². The summed E-state index contributed by atoms with van der Waals surface area (Å²) in [7, 11) is 0. The van der Waals surface area contributed by atoms with Gasteiger partial charge in [-0.25, -0.2) is 0 Å². The van der Waals surface area contributed by atoms with Crippen molar-refractivity contribution < 1.29 is 4.79 Å². The summed E-state index contributed by atoms with van der Waals surface area (Å²) in [6.07, 6.45) is 17.5. The molecule has 1 unspecified atom stereocenters. The van der Waals surface area contributed by atoms with E-state index in [-0.39, 0.29) is 5.91 Å². The van der Waals surface area contributed by atoms with Crippen LogP contribution < -0.4 is 5.32 Å². The lowest BCUT2D eigenvalue weighted by Gasteiger charge is -2.15. The summed E-state index contributed by atoms with van der Waals surface area (Å²) < 4.78 is 0. The maximum atomic E-state index is 11.8. The molecule has 0 saturated carbocycles. The SMILES string of the molecule is CCCCCCCCCCCC(=O)NCC(CC)CCCC. The molecule has 1 atom stereocenters. The highest BCUT2D eigenvalue weighted by Crippen LogP contribution is 2.12. The standard InChI is InChI=1S/C20H41NO/c1-4-7-9-10-11-12-13-14-15-17-20(22)21-18-19(6-3)16-8-5-2/h19H,4-18H2,1-3H3,(H,21,22). The normalized spacial score (nSPS) is 12.3. The summed E-state index contributed by atoms with van der Waals surface area (Å²) in [6, 6.07) is 0. The van der Waals surface area contributed by atoms with E-state index < -0.39 is 0 Å². The van der Waals surface area contributed by atoms with Crippen molar-refractivity contribution in [3.63, 3.8) is 0 Å². The average Bonchev–Trinajstić information content (AvgIpc) is 2.53. The second-order valence-electron chi connectivity index (χ2n) is 6.80. The third kappa shape index (κ3) is 14.4. The lowest BCUT2D eigenvalue weighted by molar-refractivity contribution is -0.121. The van der Waals surface area contributed by atoms with Gasteiger partial charge >= 0.3 is 0 Å². The Morgan fingerprint density at radius 2 is 1.32 bits per heavy atom. The van der Waals surface area contributed by atoms with Gasteiger partial charge in [0, 0.05) is 13.0 Å². The first-order valence-corrected chi connectivity index (χ1v) is 10.0. The second-order valence-corrected chi connectivity index (χ2v) is 6.80. The highest BCUT2D eigenvalue weighted by atomic mass is 16.1. The molecule has 0 rings (SSSR count). The van der Waals surface area contributed by atoms with Crippen LogP contribution in [-0.4, -0.2) is 12.5 Å². The molecule has 1 amide bonds. The van der Waals surface area contributed by atoms with Gasteiger partial charge in [0.2, 0.25) is 5.91 Å². The molecule has 0 aromatic heterocycles. The summed E-state index contributed by atoms with van der Waals surface area (Å²) in [5, 5.41) is 3.13. The van der Waals surface area contributed by atoms with Gasteiger partial charge < -0.3 is 5.32 Å². The van der Waals surface area contributed by atoms with Crippen LogP contribution >= 0.6 is 0 Å². The van der Waals surface area contributed by atoms with E-state index in [1.165, 1.54) is 77.0 Å². The van der Waals surface area contributed by atoms with Crippen molar-refractivity contribution >= 4 is 5.91 Å².